The van der Waals surface area contributed by atoms with E-state index >= 15 is 0 Å². The van der Waals surface area contributed by atoms with E-state index in [1.54, 1.807) is 16.7 Å². The molecule has 0 aliphatic carbocycles. The predicted octanol–water partition coefficient (Wildman–Crippen LogP) is 2.91. The normalized spacial score (nSPS) is 11.2. The van der Waals surface area contributed by atoms with Crippen molar-refractivity contribution < 1.29 is 22.7 Å². The van der Waals surface area contributed by atoms with Crippen molar-refractivity contribution in [2.45, 2.75) is 17.9 Å². The van der Waals surface area contributed by atoms with Gasteiger partial charge in [-0.1, -0.05) is 30.0 Å². The van der Waals surface area contributed by atoms with Crippen molar-refractivity contribution in [3.8, 4) is 17.1 Å². The number of thioether (sulfide) groups is 1. The lowest BCUT2D eigenvalue weighted by Crippen LogP contribution is -2.34. The Bertz CT molecular complexity index is 777. The molecule has 0 saturated heterocycles. The van der Waals surface area contributed by atoms with Crippen LogP contribution in [-0.4, -0.2) is 46.3 Å². The van der Waals surface area contributed by atoms with Crippen LogP contribution >= 0.6 is 11.8 Å². The van der Waals surface area contributed by atoms with E-state index in [4.69, 9.17) is 4.74 Å². The van der Waals surface area contributed by atoms with Crippen molar-refractivity contribution in [3.05, 3.63) is 36.9 Å². The Morgan fingerprint density at radius 3 is 2.77 bits per heavy atom. The molecule has 0 unspecified atom stereocenters. The van der Waals surface area contributed by atoms with Crippen molar-refractivity contribution in [3.63, 3.8) is 0 Å². The maximum absolute atomic E-state index is 12.1. The number of nitrogens with zero attached hydrogens (tertiary/aromatic N) is 3. The molecule has 0 aliphatic heterocycles. The molecule has 0 radical (unpaired) electrons. The first-order valence-corrected chi connectivity index (χ1v) is 8.48. The number of ether oxygens (including phenoxy) is 1. The molecule has 2 aromatic rings. The molecule has 0 bridgehead atoms. The van der Waals surface area contributed by atoms with Crippen molar-refractivity contribution in [2.24, 2.45) is 0 Å². The first-order chi connectivity index (χ1) is 12.4. The molecular formula is C16H17F3N4O2S. The summed E-state index contributed by atoms with van der Waals surface area (Å²) in [4.78, 5) is 11.6. The average molecular weight is 386 g/mol. The summed E-state index contributed by atoms with van der Waals surface area (Å²) < 4.78 is 43.4. The second kappa shape index (κ2) is 8.75. The summed E-state index contributed by atoms with van der Waals surface area (Å²) >= 11 is 0.996. The van der Waals surface area contributed by atoms with E-state index in [9.17, 15) is 18.0 Å². The van der Waals surface area contributed by atoms with Crippen LogP contribution in [0.5, 0.6) is 5.75 Å². The Balaban J connectivity index is 2.16. The zero-order chi connectivity index (χ0) is 19.2. The number of nitrogens with one attached hydrogen (secondary N) is 1. The largest absolute Gasteiger partial charge is 0.496 e. The van der Waals surface area contributed by atoms with Gasteiger partial charge in [0.25, 0.3) is 0 Å². The number of aromatic nitrogens is 3. The van der Waals surface area contributed by atoms with E-state index in [1.807, 2.05) is 23.5 Å². The monoisotopic (exact) mass is 386 g/mol. The summed E-state index contributed by atoms with van der Waals surface area (Å²) in [6, 6.07) is 7.23. The quantitative estimate of drug-likeness (QED) is 0.558. The van der Waals surface area contributed by atoms with Crippen LogP contribution < -0.4 is 10.1 Å². The fourth-order valence-corrected chi connectivity index (χ4v) is 2.88. The molecule has 0 spiro atoms. The number of hydrogen-bond acceptors (Lipinski definition) is 5. The van der Waals surface area contributed by atoms with Gasteiger partial charge in [0.1, 0.15) is 12.3 Å². The van der Waals surface area contributed by atoms with Crippen molar-refractivity contribution in [1.29, 1.82) is 0 Å². The third-order valence-corrected chi connectivity index (χ3v) is 4.16. The van der Waals surface area contributed by atoms with Crippen LogP contribution in [0.1, 0.15) is 0 Å². The smallest absolute Gasteiger partial charge is 0.405 e. The number of alkyl halides is 3. The van der Waals surface area contributed by atoms with E-state index in [1.165, 1.54) is 7.11 Å². The molecule has 1 N–H and O–H groups in total. The number of benzene rings is 1. The maximum Gasteiger partial charge on any atom is 0.405 e. The summed E-state index contributed by atoms with van der Waals surface area (Å²) in [6.45, 7) is 2.69. The first-order valence-electron chi connectivity index (χ1n) is 7.49. The summed E-state index contributed by atoms with van der Waals surface area (Å²) in [5.74, 6) is 0.168. The van der Waals surface area contributed by atoms with Gasteiger partial charge in [-0.15, -0.1) is 16.8 Å². The third-order valence-electron chi connectivity index (χ3n) is 3.19. The number of hydrogen-bond donors (Lipinski definition) is 1. The molecule has 1 amide bonds. The Hall–Kier alpha value is -2.49. The topological polar surface area (TPSA) is 69.0 Å². The van der Waals surface area contributed by atoms with Crippen molar-refractivity contribution in [1.82, 2.24) is 20.1 Å². The highest BCUT2D eigenvalue weighted by molar-refractivity contribution is 7.99. The Morgan fingerprint density at radius 1 is 1.38 bits per heavy atom. The van der Waals surface area contributed by atoms with Gasteiger partial charge in [-0.2, -0.15) is 13.2 Å². The van der Waals surface area contributed by atoms with E-state index in [-0.39, 0.29) is 5.75 Å². The van der Waals surface area contributed by atoms with Gasteiger partial charge >= 0.3 is 6.18 Å². The van der Waals surface area contributed by atoms with Gasteiger partial charge in [0.2, 0.25) is 5.91 Å². The minimum absolute atomic E-state index is 0.211. The van der Waals surface area contributed by atoms with E-state index < -0.39 is 18.6 Å². The van der Waals surface area contributed by atoms with Crippen LogP contribution in [0.2, 0.25) is 0 Å². The van der Waals surface area contributed by atoms with E-state index in [0.29, 0.717) is 28.8 Å². The van der Waals surface area contributed by atoms with Crippen LogP contribution in [0.3, 0.4) is 0 Å². The lowest BCUT2D eigenvalue weighted by atomic mass is 10.2. The molecule has 1 aromatic carbocycles. The van der Waals surface area contributed by atoms with Gasteiger partial charge in [0.15, 0.2) is 11.0 Å². The molecule has 1 aromatic heterocycles. The molecule has 26 heavy (non-hydrogen) atoms. The zero-order valence-corrected chi connectivity index (χ0v) is 14.7. The number of allylic oxidation sites excluding steroid dienone is 1. The minimum Gasteiger partial charge on any atom is -0.496 e. The van der Waals surface area contributed by atoms with Gasteiger partial charge in [-0.3, -0.25) is 9.36 Å². The lowest BCUT2D eigenvalue weighted by molar-refractivity contribution is -0.136. The van der Waals surface area contributed by atoms with E-state index in [0.717, 1.165) is 11.8 Å². The van der Waals surface area contributed by atoms with Gasteiger partial charge in [0, 0.05) is 6.54 Å². The summed E-state index contributed by atoms with van der Waals surface area (Å²) in [7, 11) is 1.54. The number of methoxy groups -OCH3 is 1. The van der Waals surface area contributed by atoms with Crippen molar-refractivity contribution in [2.75, 3.05) is 19.4 Å². The van der Waals surface area contributed by atoms with Crippen LogP contribution in [0.25, 0.3) is 11.4 Å². The van der Waals surface area contributed by atoms with Crippen molar-refractivity contribution >= 4 is 17.7 Å². The number of halogens is 3. The van der Waals surface area contributed by atoms with Gasteiger partial charge < -0.3 is 10.1 Å². The molecular weight excluding hydrogens is 369 g/mol. The average Bonchev–Trinajstić information content (AvgIpc) is 3.00. The van der Waals surface area contributed by atoms with Crippen LogP contribution in [0, 0.1) is 0 Å². The molecule has 10 heteroatoms. The number of rotatable bonds is 8. The second-order valence-electron chi connectivity index (χ2n) is 5.09. The Labute approximate surface area is 152 Å². The molecule has 0 saturated carbocycles. The molecule has 0 fully saturated rings. The number of amides is 1. The number of para-hydroxylation sites is 1. The highest BCUT2D eigenvalue weighted by atomic mass is 32.2. The highest BCUT2D eigenvalue weighted by Crippen LogP contribution is 2.30. The zero-order valence-electron chi connectivity index (χ0n) is 13.9. The number of carbonyl (C=O) groups excluding carboxylic acids is 1. The maximum atomic E-state index is 12.1. The molecule has 6 nitrogen and oxygen atoms in total. The van der Waals surface area contributed by atoms with Crippen LogP contribution in [0.15, 0.2) is 42.1 Å². The molecule has 1 heterocycles. The highest BCUT2D eigenvalue weighted by Gasteiger charge is 2.27. The summed E-state index contributed by atoms with van der Waals surface area (Å²) in [5, 5.41) is 10.4. The summed E-state index contributed by atoms with van der Waals surface area (Å²) in [6.07, 6.45) is -2.81. The fraction of sp³-hybridized carbons (Fsp3) is 0.312. The number of carbonyl (C=O) groups is 1. The molecule has 140 valence electrons. The molecule has 0 atom stereocenters. The van der Waals surface area contributed by atoms with Crippen LogP contribution in [-0.2, 0) is 11.3 Å². The van der Waals surface area contributed by atoms with Gasteiger partial charge in [-0.25, -0.2) is 0 Å². The van der Waals surface area contributed by atoms with Crippen LogP contribution in [0.4, 0.5) is 13.2 Å². The summed E-state index contributed by atoms with van der Waals surface area (Å²) in [5.41, 5.74) is 0.706. The third kappa shape index (κ3) is 5.25. The van der Waals surface area contributed by atoms with Gasteiger partial charge in [0.05, 0.1) is 18.4 Å². The molecule has 2 rings (SSSR count). The van der Waals surface area contributed by atoms with E-state index in [2.05, 4.69) is 16.8 Å². The Morgan fingerprint density at radius 2 is 2.12 bits per heavy atom. The minimum atomic E-state index is -4.44. The lowest BCUT2D eigenvalue weighted by Gasteiger charge is -2.11. The predicted molar refractivity (Wildman–Crippen MR) is 92.0 cm³/mol. The second-order valence-corrected chi connectivity index (χ2v) is 6.03. The Kier molecular flexibility index (Phi) is 6.67. The van der Waals surface area contributed by atoms with Gasteiger partial charge in [-0.05, 0) is 12.1 Å². The standard InChI is InChI=1S/C16H17F3N4O2S/c1-3-8-23-14(11-6-4-5-7-12(11)25-2)21-22-15(23)26-9-13(24)20-10-16(17,18)19/h3-7H,1,8-10H2,2H3,(H,20,24). The first kappa shape index (κ1) is 19.8. The SMILES string of the molecule is C=CCn1c(SCC(=O)NCC(F)(F)F)nnc1-c1ccccc1OC. The fourth-order valence-electron chi connectivity index (χ4n) is 2.10. The molecule has 0 aliphatic rings.